The van der Waals surface area contributed by atoms with Crippen LogP contribution < -0.4 is 5.32 Å². The van der Waals surface area contributed by atoms with Crippen LogP contribution in [0.25, 0.3) is 0 Å². The van der Waals surface area contributed by atoms with E-state index < -0.39 is 9.84 Å². The molecular formula is C14H24N4O4S. The SMILES string of the molecule is CN(C(=O)NCc1nc(C(C)(C)C)no1)C1CCS(=O)(=O)CC1. The fourth-order valence-electron chi connectivity index (χ4n) is 2.34. The molecule has 0 aromatic carbocycles. The molecule has 2 rings (SSSR count). The molecule has 1 aliphatic rings. The van der Waals surface area contributed by atoms with Gasteiger partial charge in [-0.15, -0.1) is 0 Å². The zero-order valence-electron chi connectivity index (χ0n) is 14.0. The summed E-state index contributed by atoms with van der Waals surface area (Å²) in [5.74, 6) is 1.21. The molecule has 1 aromatic heterocycles. The van der Waals surface area contributed by atoms with Crippen LogP contribution in [0.4, 0.5) is 4.79 Å². The maximum atomic E-state index is 12.2. The Kier molecular flexibility index (Phi) is 4.98. The number of hydrogen-bond acceptors (Lipinski definition) is 6. The molecule has 2 amide bonds. The molecule has 0 saturated carbocycles. The molecule has 0 bridgehead atoms. The lowest BCUT2D eigenvalue weighted by atomic mass is 9.96. The Labute approximate surface area is 136 Å². The van der Waals surface area contributed by atoms with Gasteiger partial charge in [0.1, 0.15) is 9.84 Å². The van der Waals surface area contributed by atoms with Crippen molar-refractivity contribution < 1.29 is 17.7 Å². The summed E-state index contributed by atoms with van der Waals surface area (Å²) in [6.07, 6.45) is 0.946. The number of rotatable bonds is 3. The van der Waals surface area contributed by atoms with E-state index in [9.17, 15) is 13.2 Å². The van der Waals surface area contributed by atoms with E-state index in [1.807, 2.05) is 20.8 Å². The van der Waals surface area contributed by atoms with Crippen molar-refractivity contribution in [3.8, 4) is 0 Å². The molecule has 9 heteroatoms. The van der Waals surface area contributed by atoms with Crippen molar-refractivity contribution in [2.24, 2.45) is 0 Å². The number of urea groups is 1. The first-order valence-corrected chi connectivity index (χ1v) is 9.45. The summed E-state index contributed by atoms with van der Waals surface area (Å²) < 4.78 is 28.0. The first-order valence-electron chi connectivity index (χ1n) is 7.62. The summed E-state index contributed by atoms with van der Waals surface area (Å²) in [5.41, 5.74) is -0.212. The number of hydrogen-bond donors (Lipinski definition) is 1. The fourth-order valence-corrected chi connectivity index (χ4v) is 3.80. The number of nitrogens with zero attached hydrogens (tertiary/aromatic N) is 3. The van der Waals surface area contributed by atoms with E-state index in [0.717, 1.165) is 0 Å². The van der Waals surface area contributed by atoms with Gasteiger partial charge in [-0.3, -0.25) is 0 Å². The molecule has 0 atom stereocenters. The second-order valence-electron chi connectivity index (χ2n) is 6.91. The van der Waals surface area contributed by atoms with Gasteiger partial charge in [-0.1, -0.05) is 25.9 Å². The second-order valence-corrected chi connectivity index (χ2v) is 9.22. The Morgan fingerprint density at radius 3 is 2.48 bits per heavy atom. The fraction of sp³-hybridized carbons (Fsp3) is 0.786. The van der Waals surface area contributed by atoms with Crippen LogP contribution in [0.2, 0.25) is 0 Å². The summed E-state index contributed by atoms with van der Waals surface area (Å²) in [6, 6.07) is -0.337. The first kappa shape index (κ1) is 17.7. The minimum absolute atomic E-state index is 0.0636. The van der Waals surface area contributed by atoms with E-state index in [-0.39, 0.29) is 35.5 Å². The predicted molar refractivity (Wildman–Crippen MR) is 84.7 cm³/mol. The van der Waals surface area contributed by atoms with Crippen LogP contribution >= 0.6 is 0 Å². The molecule has 23 heavy (non-hydrogen) atoms. The Balaban J connectivity index is 1.86. The van der Waals surface area contributed by atoms with E-state index in [0.29, 0.717) is 24.6 Å². The van der Waals surface area contributed by atoms with E-state index in [2.05, 4.69) is 15.5 Å². The Morgan fingerprint density at radius 1 is 1.35 bits per heavy atom. The Bertz CT molecular complexity index is 649. The van der Waals surface area contributed by atoms with E-state index in [1.165, 1.54) is 0 Å². The van der Waals surface area contributed by atoms with Crippen molar-refractivity contribution in [1.82, 2.24) is 20.4 Å². The van der Waals surface area contributed by atoms with E-state index in [4.69, 9.17) is 4.52 Å². The summed E-state index contributed by atoms with van der Waals surface area (Å²) in [6.45, 7) is 6.08. The lowest BCUT2D eigenvalue weighted by Crippen LogP contribution is -2.46. The Morgan fingerprint density at radius 2 is 1.96 bits per heavy atom. The highest BCUT2D eigenvalue weighted by molar-refractivity contribution is 7.91. The van der Waals surface area contributed by atoms with Gasteiger partial charge in [-0.2, -0.15) is 4.98 Å². The number of sulfone groups is 1. The molecule has 2 heterocycles. The molecule has 1 fully saturated rings. The second kappa shape index (κ2) is 6.46. The standard InChI is InChI=1S/C14H24N4O4S/c1-14(2,3)12-16-11(22-17-12)9-15-13(19)18(4)10-5-7-23(20,21)8-6-10/h10H,5-9H2,1-4H3,(H,15,19). The number of carbonyl (C=O) groups excluding carboxylic acids is 1. The lowest BCUT2D eigenvalue weighted by Gasteiger charge is -2.30. The molecule has 1 N–H and O–H groups in total. The summed E-state index contributed by atoms with van der Waals surface area (Å²) in [7, 11) is -1.26. The van der Waals surface area contributed by atoms with Gasteiger partial charge in [-0.05, 0) is 12.8 Å². The highest BCUT2D eigenvalue weighted by Gasteiger charge is 2.28. The van der Waals surface area contributed by atoms with Crippen LogP contribution in [0.15, 0.2) is 4.52 Å². The zero-order valence-corrected chi connectivity index (χ0v) is 14.8. The maximum absolute atomic E-state index is 12.2. The van der Waals surface area contributed by atoms with Crippen molar-refractivity contribution in [2.45, 2.75) is 51.6 Å². The maximum Gasteiger partial charge on any atom is 0.317 e. The first-order chi connectivity index (χ1) is 10.6. The largest absolute Gasteiger partial charge is 0.337 e. The third kappa shape index (κ3) is 4.66. The molecule has 1 saturated heterocycles. The molecule has 1 aromatic rings. The van der Waals surface area contributed by atoms with E-state index in [1.54, 1.807) is 11.9 Å². The molecular weight excluding hydrogens is 320 g/mol. The summed E-state index contributed by atoms with van der Waals surface area (Å²) in [5, 5.41) is 6.62. The Hall–Kier alpha value is -1.64. The monoisotopic (exact) mass is 344 g/mol. The average Bonchev–Trinajstić information content (AvgIpc) is 2.93. The van der Waals surface area contributed by atoms with Crippen molar-refractivity contribution in [3.05, 3.63) is 11.7 Å². The summed E-state index contributed by atoms with van der Waals surface area (Å²) in [4.78, 5) is 18.0. The van der Waals surface area contributed by atoms with Gasteiger partial charge < -0.3 is 14.7 Å². The van der Waals surface area contributed by atoms with Gasteiger partial charge in [0.05, 0.1) is 18.1 Å². The number of amides is 2. The van der Waals surface area contributed by atoms with Gasteiger partial charge >= 0.3 is 6.03 Å². The van der Waals surface area contributed by atoms with Crippen LogP contribution in [0.3, 0.4) is 0 Å². The molecule has 1 aliphatic heterocycles. The van der Waals surface area contributed by atoms with Crippen LogP contribution in [-0.2, 0) is 21.8 Å². The zero-order chi connectivity index (χ0) is 17.3. The molecule has 0 radical (unpaired) electrons. The molecule has 130 valence electrons. The third-order valence-electron chi connectivity index (χ3n) is 3.92. The van der Waals surface area contributed by atoms with Crippen LogP contribution in [0.1, 0.15) is 45.3 Å². The number of carbonyl (C=O) groups is 1. The minimum atomic E-state index is -2.93. The van der Waals surface area contributed by atoms with Gasteiger partial charge in [0.25, 0.3) is 0 Å². The smallest absolute Gasteiger partial charge is 0.317 e. The predicted octanol–water partition coefficient (Wildman–Crippen LogP) is 1.09. The molecule has 0 unspecified atom stereocenters. The van der Waals surface area contributed by atoms with Crippen molar-refractivity contribution in [1.29, 1.82) is 0 Å². The van der Waals surface area contributed by atoms with Gasteiger partial charge in [0, 0.05) is 18.5 Å². The van der Waals surface area contributed by atoms with Crippen LogP contribution in [-0.4, -0.2) is 54.1 Å². The number of nitrogens with one attached hydrogen (secondary N) is 1. The van der Waals surface area contributed by atoms with Crippen LogP contribution in [0.5, 0.6) is 0 Å². The average molecular weight is 344 g/mol. The third-order valence-corrected chi connectivity index (χ3v) is 5.64. The highest BCUT2D eigenvalue weighted by Crippen LogP contribution is 2.19. The number of aromatic nitrogens is 2. The van der Waals surface area contributed by atoms with Crippen LogP contribution in [0, 0.1) is 0 Å². The highest BCUT2D eigenvalue weighted by atomic mass is 32.2. The minimum Gasteiger partial charge on any atom is -0.337 e. The van der Waals surface area contributed by atoms with Gasteiger partial charge in [0.2, 0.25) is 5.89 Å². The molecule has 8 nitrogen and oxygen atoms in total. The molecule has 0 spiro atoms. The van der Waals surface area contributed by atoms with Crippen molar-refractivity contribution >= 4 is 15.9 Å². The summed E-state index contributed by atoms with van der Waals surface area (Å²) >= 11 is 0. The topological polar surface area (TPSA) is 105 Å². The van der Waals surface area contributed by atoms with Crippen molar-refractivity contribution in [2.75, 3.05) is 18.6 Å². The molecule has 0 aliphatic carbocycles. The van der Waals surface area contributed by atoms with E-state index >= 15 is 0 Å². The van der Waals surface area contributed by atoms with Gasteiger partial charge in [0.15, 0.2) is 5.82 Å². The van der Waals surface area contributed by atoms with Gasteiger partial charge in [-0.25, -0.2) is 13.2 Å². The quantitative estimate of drug-likeness (QED) is 0.880. The van der Waals surface area contributed by atoms with Crippen molar-refractivity contribution in [3.63, 3.8) is 0 Å². The lowest BCUT2D eigenvalue weighted by molar-refractivity contribution is 0.183. The normalized spacial score (nSPS) is 18.6.